The molecule has 2 nitrogen and oxygen atoms in total. The summed E-state index contributed by atoms with van der Waals surface area (Å²) in [5.41, 5.74) is 3.48. The molecule has 0 saturated carbocycles. The van der Waals surface area contributed by atoms with Gasteiger partial charge in [0.2, 0.25) is 0 Å². The maximum absolute atomic E-state index is 5.22. The summed E-state index contributed by atoms with van der Waals surface area (Å²) in [6.07, 6.45) is 0. The number of nitrogens with two attached hydrogens (primary N) is 1. The predicted molar refractivity (Wildman–Crippen MR) is 61.9 cm³/mol. The van der Waals surface area contributed by atoms with Crippen molar-refractivity contribution in [1.29, 1.82) is 0 Å². The van der Waals surface area contributed by atoms with Crippen molar-refractivity contribution < 1.29 is 0 Å². The smallest absolute Gasteiger partial charge is 0.0627 e. The molecule has 0 fully saturated rings. The van der Waals surface area contributed by atoms with Crippen LogP contribution in [-0.4, -0.2) is 0 Å². The molecule has 11 heavy (non-hydrogen) atoms. The number of anilines is 1. The van der Waals surface area contributed by atoms with E-state index in [1.807, 2.05) is 18.2 Å². The minimum Gasteiger partial charge on any atom is -0.323 e. The van der Waals surface area contributed by atoms with Gasteiger partial charge in [0, 0.05) is 8.04 Å². The molecule has 1 rings (SSSR count). The minimum atomic E-state index is 0. The van der Waals surface area contributed by atoms with Gasteiger partial charge >= 0.3 is 0 Å². The van der Waals surface area contributed by atoms with Crippen molar-refractivity contribution in [2.75, 3.05) is 5.43 Å². The van der Waals surface area contributed by atoms with Gasteiger partial charge in [0.15, 0.2) is 0 Å². The highest BCUT2D eigenvalue weighted by molar-refractivity contribution is 14.1. The number of hydrogen-bond acceptors (Lipinski definition) is 2. The summed E-state index contributed by atoms with van der Waals surface area (Å²) >= 11 is 5.60. The van der Waals surface area contributed by atoms with Crippen LogP contribution in [-0.2, 0) is 0 Å². The van der Waals surface area contributed by atoms with E-state index >= 15 is 0 Å². The first kappa shape index (κ1) is 11.5. The number of halogens is 3. The van der Waals surface area contributed by atoms with Gasteiger partial charge in [-0.2, -0.15) is 0 Å². The third-order valence-electron chi connectivity index (χ3n) is 1.09. The van der Waals surface area contributed by atoms with Gasteiger partial charge in [-0.15, -0.1) is 12.4 Å². The van der Waals surface area contributed by atoms with Gasteiger partial charge in [-0.3, -0.25) is 5.84 Å². The van der Waals surface area contributed by atoms with Crippen LogP contribution in [0.15, 0.2) is 22.7 Å². The Labute approximate surface area is 93.6 Å². The molecule has 0 aliphatic carbocycles. The lowest BCUT2D eigenvalue weighted by molar-refractivity contribution is 1.34. The number of hydrazine groups is 1. The Bertz CT molecular complexity index is 244. The van der Waals surface area contributed by atoms with Gasteiger partial charge in [0.25, 0.3) is 0 Å². The van der Waals surface area contributed by atoms with Gasteiger partial charge in [-0.05, 0) is 56.7 Å². The lowest BCUT2D eigenvalue weighted by Crippen LogP contribution is -2.06. The summed E-state index contributed by atoms with van der Waals surface area (Å²) in [6.45, 7) is 0. The minimum absolute atomic E-state index is 0. The van der Waals surface area contributed by atoms with Crippen molar-refractivity contribution in [3.05, 3.63) is 26.2 Å². The van der Waals surface area contributed by atoms with Gasteiger partial charge in [0.05, 0.1) is 5.69 Å². The molecular formula is C6H7BrClIN2. The summed E-state index contributed by atoms with van der Waals surface area (Å²) in [4.78, 5) is 0. The van der Waals surface area contributed by atoms with Gasteiger partial charge in [0.1, 0.15) is 0 Å². The highest BCUT2D eigenvalue weighted by atomic mass is 127. The highest BCUT2D eigenvalue weighted by Gasteiger charge is 1.95. The van der Waals surface area contributed by atoms with Crippen molar-refractivity contribution >= 4 is 56.6 Å². The predicted octanol–water partition coefficient (Wildman–Crippen LogP) is 2.76. The highest BCUT2D eigenvalue weighted by Crippen LogP contribution is 2.22. The SMILES string of the molecule is Cl.NNc1ccc(I)cc1Br. The molecule has 0 amide bonds. The number of hydrogen-bond donors (Lipinski definition) is 2. The van der Waals surface area contributed by atoms with Gasteiger partial charge in [-0.1, -0.05) is 0 Å². The van der Waals surface area contributed by atoms with Crippen LogP contribution in [0.2, 0.25) is 0 Å². The van der Waals surface area contributed by atoms with Gasteiger partial charge < -0.3 is 5.43 Å². The Morgan fingerprint density at radius 3 is 2.55 bits per heavy atom. The summed E-state index contributed by atoms with van der Waals surface area (Å²) < 4.78 is 2.17. The second-order valence-electron chi connectivity index (χ2n) is 1.77. The molecule has 0 aliphatic heterocycles. The molecule has 0 atom stereocenters. The van der Waals surface area contributed by atoms with Crippen molar-refractivity contribution in [3.8, 4) is 0 Å². The Hall–Kier alpha value is 0.480. The Morgan fingerprint density at radius 2 is 2.09 bits per heavy atom. The number of rotatable bonds is 1. The molecule has 0 unspecified atom stereocenters. The molecule has 0 saturated heterocycles. The molecule has 1 aromatic carbocycles. The second-order valence-corrected chi connectivity index (χ2v) is 3.87. The average Bonchev–Trinajstić information content (AvgIpc) is 1.88. The molecule has 0 spiro atoms. The first-order valence-electron chi connectivity index (χ1n) is 2.65. The van der Waals surface area contributed by atoms with Crippen LogP contribution in [0.25, 0.3) is 0 Å². The van der Waals surface area contributed by atoms with Crippen molar-refractivity contribution in [2.24, 2.45) is 5.84 Å². The Kier molecular flexibility index (Phi) is 5.41. The molecule has 0 radical (unpaired) electrons. The standard InChI is InChI=1S/C6H6BrIN2.ClH/c7-5-3-4(8)1-2-6(5)10-9;/h1-3,10H,9H2;1H. The summed E-state index contributed by atoms with van der Waals surface area (Å²) in [6, 6.07) is 5.90. The Balaban J connectivity index is 0.000001000. The van der Waals surface area contributed by atoms with Crippen molar-refractivity contribution in [1.82, 2.24) is 0 Å². The van der Waals surface area contributed by atoms with E-state index in [1.165, 1.54) is 3.57 Å². The lowest BCUT2D eigenvalue weighted by atomic mass is 10.3. The third kappa shape index (κ3) is 3.14. The monoisotopic (exact) mass is 348 g/mol. The van der Waals surface area contributed by atoms with Crippen LogP contribution in [0.3, 0.4) is 0 Å². The molecule has 0 aromatic heterocycles. The van der Waals surface area contributed by atoms with E-state index in [2.05, 4.69) is 43.9 Å². The summed E-state index contributed by atoms with van der Waals surface area (Å²) in [7, 11) is 0. The fourth-order valence-corrected chi connectivity index (χ4v) is 2.02. The van der Waals surface area contributed by atoms with E-state index in [4.69, 9.17) is 5.84 Å². The first-order valence-corrected chi connectivity index (χ1v) is 4.53. The van der Waals surface area contributed by atoms with Crippen LogP contribution in [0, 0.1) is 3.57 Å². The van der Waals surface area contributed by atoms with E-state index in [9.17, 15) is 0 Å². The maximum Gasteiger partial charge on any atom is 0.0627 e. The molecule has 0 heterocycles. The van der Waals surface area contributed by atoms with Crippen molar-refractivity contribution in [2.45, 2.75) is 0 Å². The van der Waals surface area contributed by atoms with Crippen LogP contribution < -0.4 is 11.3 Å². The van der Waals surface area contributed by atoms with E-state index in [-0.39, 0.29) is 12.4 Å². The molecule has 1 aromatic rings. The average molecular weight is 349 g/mol. The van der Waals surface area contributed by atoms with Crippen LogP contribution in [0.4, 0.5) is 5.69 Å². The lowest BCUT2D eigenvalue weighted by Gasteiger charge is -2.01. The molecule has 62 valence electrons. The topological polar surface area (TPSA) is 38.0 Å². The zero-order valence-electron chi connectivity index (χ0n) is 5.47. The van der Waals surface area contributed by atoms with E-state index < -0.39 is 0 Å². The summed E-state index contributed by atoms with van der Waals surface area (Å²) in [5.74, 6) is 5.22. The third-order valence-corrected chi connectivity index (χ3v) is 2.41. The fraction of sp³-hybridized carbons (Fsp3) is 0. The van der Waals surface area contributed by atoms with Crippen molar-refractivity contribution in [3.63, 3.8) is 0 Å². The van der Waals surface area contributed by atoms with Gasteiger partial charge in [-0.25, -0.2) is 0 Å². The number of nitrogen functional groups attached to an aromatic ring is 1. The van der Waals surface area contributed by atoms with E-state index in [0.717, 1.165) is 10.2 Å². The van der Waals surface area contributed by atoms with Crippen LogP contribution in [0.1, 0.15) is 0 Å². The molecule has 0 bridgehead atoms. The van der Waals surface area contributed by atoms with Crippen LogP contribution >= 0.6 is 50.9 Å². The molecule has 0 aliphatic rings. The maximum atomic E-state index is 5.22. The quantitative estimate of drug-likeness (QED) is 0.465. The largest absolute Gasteiger partial charge is 0.323 e. The van der Waals surface area contributed by atoms with Crippen LogP contribution in [0.5, 0.6) is 0 Å². The Morgan fingerprint density at radius 1 is 1.45 bits per heavy atom. The zero-order chi connectivity index (χ0) is 7.56. The van der Waals surface area contributed by atoms with E-state index in [0.29, 0.717) is 0 Å². The number of nitrogens with one attached hydrogen (secondary N) is 1. The molecular weight excluding hydrogens is 342 g/mol. The fourth-order valence-electron chi connectivity index (χ4n) is 0.607. The summed E-state index contributed by atoms with van der Waals surface area (Å²) in [5, 5.41) is 0. The second kappa shape index (κ2) is 5.18. The number of benzene rings is 1. The normalized spacial score (nSPS) is 8.64. The molecule has 5 heteroatoms. The van der Waals surface area contributed by atoms with E-state index in [1.54, 1.807) is 0 Å². The zero-order valence-corrected chi connectivity index (χ0v) is 10.0. The molecule has 3 N–H and O–H groups in total. The first-order chi connectivity index (χ1) is 4.74.